The van der Waals surface area contributed by atoms with Gasteiger partial charge in [-0.2, -0.15) is 0 Å². The number of nitrogens with one attached hydrogen (secondary N) is 2. The zero-order valence-electron chi connectivity index (χ0n) is 19.9. The summed E-state index contributed by atoms with van der Waals surface area (Å²) in [5.41, 5.74) is 1.16. The standard InChI is InChI=1S/C23H41ClN6.HI/c1-6-28-13-15-30(16-14-28)19(4)17-26-23(25-5)27-18-22(29(7-2)8-3)20-11-9-10-12-21(20)24;/h9-12,19,22H,6-8,13-18H2,1-5H3,(H2,25,26,27);1H. The van der Waals surface area contributed by atoms with Crippen LogP contribution in [0.3, 0.4) is 0 Å². The summed E-state index contributed by atoms with van der Waals surface area (Å²) in [7, 11) is 1.84. The van der Waals surface area contributed by atoms with Crippen LogP contribution in [0.4, 0.5) is 0 Å². The summed E-state index contributed by atoms with van der Waals surface area (Å²) in [6.07, 6.45) is 0. The average molecular weight is 565 g/mol. The van der Waals surface area contributed by atoms with E-state index in [0.717, 1.165) is 75.4 Å². The molecule has 1 aliphatic rings. The van der Waals surface area contributed by atoms with Gasteiger partial charge < -0.3 is 15.5 Å². The lowest BCUT2D eigenvalue weighted by atomic mass is 10.0. The second kappa shape index (κ2) is 15.3. The molecule has 0 amide bonds. The Hall–Kier alpha value is -0.610. The minimum atomic E-state index is 0. The molecular formula is C23H42ClIN6. The van der Waals surface area contributed by atoms with Gasteiger partial charge in [-0.15, -0.1) is 24.0 Å². The molecule has 2 unspecified atom stereocenters. The van der Waals surface area contributed by atoms with Crippen molar-refractivity contribution >= 4 is 41.5 Å². The highest BCUT2D eigenvalue weighted by atomic mass is 127. The number of hydrogen-bond acceptors (Lipinski definition) is 4. The van der Waals surface area contributed by atoms with E-state index in [-0.39, 0.29) is 30.0 Å². The Kier molecular flexibility index (Phi) is 14.0. The van der Waals surface area contributed by atoms with Crippen LogP contribution in [0.25, 0.3) is 0 Å². The molecule has 6 nitrogen and oxygen atoms in total. The summed E-state index contributed by atoms with van der Waals surface area (Å²) >= 11 is 6.53. The number of aliphatic imine (C=N–C) groups is 1. The Morgan fingerprint density at radius 3 is 2.23 bits per heavy atom. The highest BCUT2D eigenvalue weighted by molar-refractivity contribution is 14.0. The van der Waals surface area contributed by atoms with Crippen LogP contribution in [0.15, 0.2) is 29.3 Å². The van der Waals surface area contributed by atoms with Gasteiger partial charge in [0, 0.05) is 57.4 Å². The molecule has 2 atom stereocenters. The number of rotatable bonds is 10. The van der Waals surface area contributed by atoms with Gasteiger partial charge in [-0.1, -0.05) is 50.6 Å². The number of piperazine rings is 1. The second-order valence-corrected chi connectivity index (χ2v) is 8.32. The van der Waals surface area contributed by atoms with Crippen LogP contribution in [-0.2, 0) is 0 Å². The SMILES string of the molecule is CCN1CCN(C(C)CNC(=NC)NCC(c2ccccc2Cl)N(CC)CC)CC1.I. The molecule has 0 radical (unpaired) electrons. The zero-order chi connectivity index (χ0) is 21.9. The number of halogens is 2. The van der Waals surface area contributed by atoms with Gasteiger partial charge in [-0.25, -0.2) is 0 Å². The van der Waals surface area contributed by atoms with Crippen LogP contribution in [0.1, 0.15) is 39.3 Å². The van der Waals surface area contributed by atoms with E-state index < -0.39 is 0 Å². The molecule has 0 spiro atoms. The van der Waals surface area contributed by atoms with Crippen LogP contribution in [0.2, 0.25) is 5.02 Å². The van der Waals surface area contributed by atoms with E-state index in [1.54, 1.807) is 0 Å². The van der Waals surface area contributed by atoms with E-state index in [0.29, 0.717) is 6.04 Å². The first kappa shape index (κ1) is 28.4. The number of nitrogens with zero attached hydrogens (tertiary/aromatic N) is 4. The highest BCUT2D eigenvalue weighted by Gasteiger charge is 2.22. The van der Waals surface area contributed by atoms with Gasteiger partial charge >= 0.3 is 0 Å². The lowest BCUT2D eigenvalue weighted by molar-refractivity contribution is 0.107. The first-order chi connectivity index (χ1) is 14.5. The van der Waals surface area contributed by atoms with Crippen molar-refractivity contribution in [1.29, 1.82) is 0 Å². The van der Waals surface area contributed by atoms with E-state index in [1.807, 2.05) is 19.2 Å². The third-order valence-corrected chi connectivity index (χ3v) is 6.59. The lowest BCUT2D eigenvalue weighted by Crippen LogP contribution is -2.53. The Morgan fingerprint density at radius 1 is 1.06 bits per heavy atom. The van der Waals surface area contributed by atoms with E-state index in [1.165, 1.54) is 0 Å². The maximum absolute atomic E-state index is 6.53. The van der Waals surface area contributed by atoms with E-state index >= 15 is 0 Å². The van der Waals surface area contributed by atoms with Gasteiger partial charge in [0.2, 0.25) is 0 Å². The van der Waals surface area contributed by atoms with Gasteiger partial charge in [-0.05, 0) is 38.2 Å². The van der Waals surface area contributed by atoms with Crippen LogP contribution in [0.5, 0.6) is 0 Å². The first-order valence-corrected chi connectivity index (χ1v) is 11.8. The smallest absolute Gasteiger partial charge is 0.191 e. The molecule has 0 saturated carbocycles. The number of hydrogen-bond donors (Lipinski definition) is 2. The molecule has 2 rings (SSSR count). The molecule has 31 heavy (non-hydrogen) atoms. The van der Waals surface area contributed by atoms with Gasteiger partial charge in [0.05, 0.1) is 6.04 Å². The van der Waals surface area contributed by atoms with Crippen LogP contribution in [0, 0.1) is 0 Å². The first-order valence-electron chi connectivity index (χ1n) is 11.4. The molecule has 1 fully saturated rings. The van der Waals surface area contributed by atoms with Gasteiger partial charge in [-0.3, -0.25) is 14.8 Å². The number of benzene rings is 1. The normalized spacial score (nSPS) is 17.8. The van der Waals surface area contributed by atoms with E-state index in [4.69, 9.17) is 11.6 Å². The van der Waals surface area contributed by atoms with Crippen LogP contribution in [-0.4, -0.2) is 92.7 Å². The summed E-state index contributed by atoms with van der Waals surface area (Å²) in [6.45, 7) is 18.3. The van der Waals surface area contributed by atoms with Crippen molar-refractivity contribution in [3.05, 3.63) is 34.9 Å². The summed E-state index contributed by atoms with van der Waals surface area (Å²) in [6, 6.07) is 8.82. The summed E-state index contributed by atoms with van der Waals surface area (Å²) in [5.74, 6) is 0.846. The third-order valence-electron chi connectivity index (χ3n) is 6.25. The lowest BCUT2D eigenvalue weighted by Gasteiger charge is -2.37. The van der Waals surface area contributed by atoms with Crippen molar-refractivity contribution in [3.8, 4) is 0 Å². The highest BCUT2D eigenvalue weighted by Crippen LogP contribution is 2.26. The summed E-state index contributed by atoms with van der Waals surface area (Å²) in [4.78, 5) is 12.0. The number of guanidine groups is 1. The van der Waals surface area contributed by atoms with Crippen molar-refractivity contribution in [2.75, 3.05) is 66.0 Å². The van der Waals surface area contributed by atoms with Gasteiger partial charge in [0.1, 0.15) is 0 Å². The molecule has 0 aromatic heterocycles. The monoisotopic (exact) mass is 564 g/mol. The van der Waals surface area contributed by atoms with Crippen molar-refractivity contribution in [2.24, 2.45) is 4.99 Å². The van der Waals surface area contributed by atoms with Crippen LogP contribution < -0.4 is 10.6 Å². The predicted molar refractivity (Wildman–Crippen MR) is 145 cm³/mol. The molecular weight excluding hydrogens is 523 g/mol. The predicted octanol–water partition coefficient (Wildman–Crippen LogP) is 3.53. The Balaban J connectivity index is 0.00000480. The molecule has 1 aromatic rings. The topological polar surface area (TPSA) is 46.1 Å². The molecule has 1 saturated heterocycles. The molecule has 178 valence electrons. The van der Waals surface area contributed by atoms with E-state index in [2.05, 4.69) is 70.2 Å². The van der Waals surface area contributed by atoms with Gasteiger partial charge in [0.15, 0.2) is 5.96 Å². The molecule has 1 aliphatic heterocycles. The van der Waals surface area contributed by atoms with Gasteiger partial charge in [0.25, 0.3) is 0 Å². The fourth-order valence-corrected chi connectivity index (χ4v) is 4.41. The molecule has 8 heteroatoms. The van der Waals surface area contributed by atoms with Crippen molar-refractivity contribution in [3.63, 3.8) is 0 Å². The summed E-state index contributed by atoms with van der Waals surface area (Å²) < 4.78 is 0. The maximum Gasteiger partial charge on any atom is 0.191 e. The minimum Gasteiger partial charge on any atom is -0.355 e. The maximum atomic E-state index is 6.53. The molecule has 0 bridgehead atoms. The Bertz CT molecular complexity index is 647. The molecule has 1 heterocycles. The molecule has 1 aromatic carbocycles. The van der Waals surface area contributed by atoms with Crippen LogP contribution >= 0.6 is 35.6 Å². The van der Waals surface area contributed by atoms with E-state index in [9.17, 15) is 0 Å². The zero-order valence-corrected chi connectivity index (χ0v) is 23.0. The fraction of sp³-hybridized carbons (Fsp3) is 0.696. The van der Waals surface area contributed by atoms with Crippen molar-refractivity contribution in [1.82, 2.24) is 25.3 Å². The third kappa shape index (κ3) is 8.68. The van der Waals surface area contributed by atoms with Crippen molar-refractivity contribution < 1.29 is 0 Å². The molecule has 0 aliphatic carbocycles. The fourth-order valence-electron chi connectivity index (χ4n) is 4.15. The molecule has 2 N–H and O–H groups in total. The minimum absolute atomic E-state index is 0. The Morgan fingerprint density at radius 2 is 1.68 bits per heavy atom. The largest absolute Gasteiger partial charge is 0.355 e. The number of likely N-dealkylation sites (N-methyl/N-ethyl adjacent to an activating group) is 2. The Labute approximate surface area is 211 Å². The second-order valence-electron chi connectivity index (χ2n) is 7.91. The van der Waals surface area contributed by atoms with Crippen molar-refractivity contribution in [2.45, 2.75) is 39.8 Å². The quantitative estimate of drug-likeness (QED) is 0.259. The summed E-state index contributed by atoms with van der Waals surface area (Å²) in [5, 5.41) is 7.87. The average Bonchev–Trinajstić information content (AvgIpc) is 2.79.